The molecule has 1 amide bonds. The summed E-state index contributed by atoms with van der Waals surface area (Å²) in [6.07, 6.45) is 3.38. The smallest absolute Gasteiger partial charge is 0.255 e. The lowest BCUT2D eigenvalue weighted by Crippen LogP contribution is -2.43. The van der Waals surface area contributed by atoms with Crippen LogP contribution in [0.3, 0.4) is 0 Å². The molecule has 1 fully saturated rings. The fourth-order valence-electron chi connectivity index (χ4n) is 3.37. The number of hydrogen-bond acceptors (Lipinski definition) is 4. The summed E-state index contributed by atoms with van der Waals surface area (Å²) in [7, 11) is 0. The van der Waals surface area contributed by atoms with Crippen molar-refractivity contribution in [1.82, 2.24) is 20.0 Å². The molecule has 3 aromatic rings. The molecular formula is C22H24N4O2. The molecule has 1 unspecified atom stereocenters. The molecule has 6 heteroatoms. The van der Waals surface area contributed by atoms with Gasteiger partial charge < -0.3 is 10.1 Å². The van der Waals surface area contributed by atoms with Crippen LogP contribution in [0.15, 0.2) is 73.1 Å². The maximum atomic E-state index is 12.9. The first-order chi connectivity index (χ1) is 13.8. The zero-order chi connectivity index (χ0) is 19.2. The van der Waals surface area contributed by atoms with Crippen molar-refractivity contribution in [1.29, 1.82) is 0 Å². The number of hydrogen-bond donors (Lipinski definition) is 1. The number of rotatable bonds is 6. The van der Waals surface area contributed by atoms with Gasteiger partial charge in [-0.25, -0.2) is 4.68 Å². The topological polar surface area (TPSA) is 59.4 Å². The maximum Gasteiger partial charge on any atom is 0.255 e. The Bertz CT molecular complexity index is 889. The third-order valence-corrected chi connectivity index (χ3v) is 4.92. The molecule has 6 nitrogen and oxygen atoms in total. The van der Waals surface area contributed by atoms with Crippen LogP contribution < -0.4 is 5.32 Å². The van der Waals surface area contributed by atoms with E-state index < -0.39 is 0 Å². The third-order valence-electron chi connectivity index (χ3n) is 4.92. The van der Waals surface area contributed by atoms with Crippen molar-refractivity contribution in [3.8, 4) is 5.69 Å². The number of carbonyl (C=O) groups excluding carboxylic acids is 1. The molecule has 144 valence electrons. The molecule has 0 bridgehead atoms. The zero-order valence-corrected chi connectivity index (χ0v) is 15.7. The van der Waals surface area contributed by atoms with E-state index in [-0.39, 0.29) is 11.9 Å². The fraction of sp³-hybridized carbons (Fsp3) is 0.273. The molecule has 4 rings (SSSR count). The van der Waals surface area contributed by atoms with Crippen molar-refractivity contribution < 1.29 is 9.53 Å². The van der Waals surface area contributed by atoms with E-state index in [4.69, 9.17) is 4.74 Å². The highest BCUT2D eigenvalue weighted by Crippen LogP contribution is 2.17. The summed E-state index contributed by atoms with van der Waals surface area (Å²) in [5.41, 5.74) is 2.57. The van der Waals surface area contributed by atoms with Crippen molar-refractivity contribution >= 4 is 5.91 Å². The fourth-order valence-corrected chi connectivity index (χ4v) is 3.37. The number of amides is 1. The number of carbonyl (C=O) groups is 1. The van der Waals surface area contributed by atoms with Crippen LogP contribution in [0.1, 0.15) is 22.0 Å². The monoisotopic (exact) mass is 376 g/mol. The average molecular weight is 376 g/mol. The molecule has 1 atom stereocenters. The van der Waals surface area contributed by atoms with Gasteiger partial charge in [0.25, 0.3) is 5.91 Å². The summed E-state index contributed by atoms with van der Waals surface area (Å²) in [6, 6.07) is 19.8. The lowest BCUT2D eigenvalue weighted by molar-refractivity contribution is 0.0332. The van der Waals surface area contributed by atoms with Crippen molar-refractivity contribution in [2.24, 2.45) is 0 Å². The van der Waals surface area contributed by atoms with Crippen LogP contribution in [0.2, 0.25) is 0 Å². The highest BCUT2D eigenvalue weighted by molar-refractivity contribution is 5.94. The normalized spacial score (nSPS) is 15.9. The molecule has 1 saturated heterocycles. The van der Waals surface area contributed by atoms with Crippen molar-refractivity contribution in [3.63, 3.8) is 0 Å². The van der Waals surface area contributed by atoms with Gasteiger partial charge in [-0.15, -0.1) is 0 Å². The minimum Gasteiger partial charge on any atom is -0.379 e. The summed E-state index contributed by atoms with van der Waals surface area (Å²) < 4.78 is 7.16. The molecule has 1 aliphatic rings. The van der Waals surface area contributed by atoms with Crippen LogP contribution in [0.4, 0.5) is 0 Å². The van der Waals surface area contributed by atoms with E-state index in [9.17, 15) is 4.79 Å². The molecule has 1 aliphatic heterocycles. The summed E-state index contributed by atoms with van der Waals surface area (Å²) in [4.78, 5) is 15.2. The van der Waals surface area contributed by atoms with E-state index in [0.29, 0.717) is 5.56 Å². The Labute approximate surface area is 164 Å². The Morgan fingerprint density at radius 1 is 1.04 bits per heavy atom. The Balaban J connectivity index is 1.49. The number of ether oxygens (including phenoxy) is 1. The molecule has 0 aliphatic carbocycles. The van der Waals surface area contributed by atoms with Gasteiger partial charge in [0.15, 0.2) is 0 Å². The number of morpholine rings is 1. The second-order valence-corrected chi connectivity index (χ2v) is 6.86. The molecule has 2 heterocycles. The summed E-state index contributed by atoms with van der Waals surface area (Å²) in [5, 5.41) is 7.52. The van der Waals surface area contributed by atoms with Gasteiger partial charge >= 0.3 is 0 Å². The van der Waals surface area contributed by atoms with Gasteiger partial charge in [0, 0.05) is 25.8 Å². The minimum absolute atomic E-state index is 0.0909. The van der Waals surface area contributed by atoms with E-state index >= 15 is 0 Å². The van der Waals surface area contributed by atoms with Crippen LogP contribution in [0.25, 0.3) is 5.69 Å². The Kier molecular flexibility index (Phi) is 5.80. The van der Waals surface area contributed by atoms with Gasteiger partial charge in [-0.1, -0.05) is 48.5 Å². The predicted molar refractivity (Wildman–Crippen MR) is 107 cm³/mol. The molecule has 28 heavy (non-hydrogen) atoms. The Morgan fingerprint density at radius 2 is 1.71 bits per heavy atom. The summed E-state index contributed by atoms with van der Waals surface area (Å²) in [6.45, 7) is 3.99. The van der Waals surface area contributed by atoms with Crippen LogP contribution in [0.5, 0.6) is 0 Å². The highest BCUT2D eigenvalue weighted by atomic mass is 16.5. The minimum atomic E-state index is -0.121. The van der Waals surface area contributed by atoms with E-state index in [0.717, 1.165) is 44.1 Å². The van der Waals surface area contributed by atoms with Crippen molar-refractivity contribution in [2.45, 2.75) is 6.04 Å². The first-order valence-electron chi connectivity index (χ1n) is 9.55. The van der Waals surface area contributed by atoms with Crippen LogP contribution in [-0.4, -0.2) is 53.4 Å². The number of aromatic nitrogens is 2. The SMILES string of the molecule is O=C(NC(CN1CCOCC1)c1ccccc1)c1cnn(-c2ccccc2)c1. The van der Waals surface area contributed by atoms with E-state index in [2.05, 4.69) is 27.4 Å². The lowest BCUT2D eigenvalue weighted by atomic mass is 10.1. The molecule has 0 spiro atoms. The molecule has 0 saturated carbocycles. The van der Waals surface area contributed by atoms with Crippen molar-refractivity contribution in [3.05, 3.63) is 84.2 Å². The van der Waals surface area contributed by atoms with Gasteiger partial charge in [-0.3, -0.25) is 9.69 Å². The quantitative estimate of drug-likeness (QED) is 0.719. The van der Waals surface area contributed by atoms with Crippen LogP contribution >= 0.6 is 0 Å². The van der Waals surface area contributed by atoms with Gasteiger partial charge in [-0.05, 0) is 17.7 Å². The number of nitrogens with one attached hydrogen (secondary N) is 1. The number of benzene rings is 2. The van der Waals surface area contributed by atoms with Crippen LogP contribution in [0, 0.1) is 0 Å². The van der Waals surface area contributed by atoms with Gasteiger partial charge in [0.1, 0.15) is 0 Å². The van der Waals surface area contributed by atoms with Gasteiger partial charge in [0.05, 0.1) is 36.7 Å². The standard InChI is InChI=1S/C22H24N4O2/c27-22(19-15-23-26(16-19)20-9-5-2-6-10-20)24-21(18-7-3-1-4-8-18)17-25-11-13-28-14-12-25/h1-10,15-16,21H,11-14,17H2,(H,24,27). The van der Waals surface area contributed by atoms with Crippen LogP contribution in [-0.2, 0) is 4.74 Å². The first kappa shape index (κ1) is 18.4. The van der Waals surface area contributed by atoms with E-state index in [1.54, 1.807) is 17.1 Å². The largest absolute Gasteiger partial charge is 0.379 e. The van der Waals surface area contributed by atoms with Crippen molar-refractivity contribution in [2.75, 3.05) is 32.8 Å². The van der Waals surface area contributed by atoms with Gasteiger partial charge in [-0.2, -0.15) is 5.10 Å². The molecule has 1 aromatic heterocycles. The molecule has 0 radical (unpaired) electrons. The number of para-hydroxylation sites is 1. The van der Waals surface area contributed by atoms with Gasteiger partial charge in [0.2, 0.25) is 0 Å². The highest BCUT2D eigenvalue weighted by Gasteiger charge is 2.21. The summed E-state index contributed by atoms with van der Waals surface area (Å²) in [5.74, 6) is -0.121. The second-order valence-electron chi connectivity index (χ2n) is 6.86. The second kappa shape index (κ2) is 8.82. The first-order valence-corrected chi connectivity index (χ1v) is 9.55. The molecule has 1 N–H and O–H groups in total. The average Bonchev–Trinajstić information content (AvgIpc) is 3.26. The predicted octanol–water partition coefficient (Wildman–Crippen LogP) is 2.68. The third kappa shape index (κ3) is 4.47. The Hall–Kier alpha value is -2.96. The summed E-state index contributed by atoms with van der Waals surface area (Å²) >= 11 is 0. The zero-order valence-electron chi connectivity index (χ0n) is 15.7. The van der Waals surface area contributed by atoms with E-state index in [1.807, 2.05) is 48.5 Å². The Morgan fingerprint density at radius 3 is 2.43 bits per heavy atom. The lowest BCUT2D eigenvalue weighted by Gasteiger charge is -2.31. The maximum absolute atomic E-state index is 12.9. The van der Waals surface area contributed by atoms with E-state index in [1.165, 1.54) is 0 Å². The molecule has 2 aromatic carbocycles. The number of nitrogens with zero attached hydrogens (tertiary/aromatic N) is 3. The molecular weight excluding hydrogens is 352 g/mol.